The average Bonchev–Trinajstić information content (AvgIpc) is 3.57. The van der Waals surface area contributed by atoms with Gasteiger partial charge in [0.25, 0.3) is 11.8 Å². The number of ether oxygens (including phenoxy) is 2. The molecule has 0 bridgehead atoms. The number of likely N-dealkylation sites (N-methyl/N-ethyl adjacent to an activating group) is 2. The Labute approximate surface area is 328 Å². The summed E-state index contributed by atoms with van der Waals surface area (Å²) in [4.78, 5) is 102. The number of nitrogens with one attached hydrogen (secondary N) is 2. The van der Waals surface area contributed by atoms with E-state index >= 15 is 0 Å². The number of esters is 2. The number of hydrogen-bond acceptors (Lipinski definition) is 9. The SMILES string of the molecule is C#CCCC[C@@H]1CC(=O)O[C@@H](C(C)C)C(=O)N2CCC[C@H]2C(=O)N(C)[C@@H](C(C)C)C(=O)O[C@@H](C(C)C)C(=O)N(C)[C@@H](C(C)C)C(=O)N[C@@H](CC(C)C)C(=O)N1. The first-order chi connectivity index (χ1) is 25.6. The number of carbonyl (C=O) groups excluding carboxylic acids is 7. The highest BCUT2D eigenvalue weighted by Gasteiger charge is 2.45. The molecule has 0 saturated carbocycles. The van der Waals surface area contributed by atoms with Crippen LogP contribution in [0.4, 0.5) is 0 Å². The van der Waals surface area contributed by atoms with Crippen molar-refractivity contribution >= 4 is 41.5 Å². The fourth-order valence-corrected chi connectivity index (χ4v) is 7.43. The van der Waals surface area contributed by atoms with Gasteiger partial charge in [0.1, 0.15) is 24.2 Å². The van der Waals surface area contributed by atoms with Gasteiger partial charge in [0.15, 0.2) is 12.2 Å². The smallest absolute Gasteiger partial charge is 0.329 e. The second-order valence-corrected chi connectivity index (χ2v) is 16.9. The molecule has 2 heterocycles. The fourth-order valence-electron chi connectivity index (χ4n) is 7.43. The summed E-state index contributed by atoms with van der Waals surface area (Å²) in [6, 6.07) is -4.81. The van der Waals surface area contributed by atoms with E-state index in [1.807, 2.05) is 13.8 Å². The number of terminal acetylenes is 1. The van der Waals surface area contributed by atoms with E-state index in [1.54, 1.807) is 55.4 Å². The highest BCUT2D eigenvalue weighted by atomic mass is 16.6. The molecule has 2 saturated heterocycles. The minimum Gasteiger partial charge on any atom is -0.452 e. The van der Waals surface area contributed by atoms with Crippen LogP contribution >= 0.6 is 0 Å². The van der Waals surface area contributed by atoms with Crippen molar-refractivity contribution in [2.75, 3.05) is 20.6 Å². The Kier molecular flexibility index (Phi) is 18.1. The van der Waals surface area contributed by atoms with Crippen molar-refractivity contribution in [1.82, 2.24) is 25.3 Å². The van der Waals surface area contributed by atoms with Crippen LogP contribution in [0.2, 0.25) is 0 Å². The molecule has 310 valence electrons. The van der Waals surface area contributed by atoms with Gasteiger partial charge in [-0.2, -0.15) is 0 Å². The Morgan fingerprint density at radius 1 is 0.727 bits per heavy atom. The van der Waals surface area contributed by atoms with Gasteiger partial charge in [0.05, 0.1) is 6.42 Å². The van der Waals surface area contributed by atoms with Crippen molar-refractivity contribution in [3.8, 4) is 12.3 Å². The zero-order valence-electron chi connectivity index (χ0n) is 35.2. The van der Waals surface area contributed by atoms with Crippen LogP contribution in [0, 0.1) is 41.9 Å². The fraction of sp³-hybridized carbons (Fsp3) is 0.780. The number of nitrogens with zero attached hydrogens (tertiary/aromatic N) is 3. The van der Waals surface area contributed by atoms with Gasteiger partial charge < -0.3 is 34.8 Å². The average molecular weight is 774 g/mol. The minimum absolute atomic E-state index is 0.0211. The lowest BCUT2D eigenvalue weighted by Gasteiger charge is -2.37. The molecule has 14 heteroatoms. The van der Waals surface area contributed by atoms with Gasteiger partial charge in [0.2, 0.25) is 17.7 Å². The predicted octanol–water partition coefficient (Wildman–Crippen LogP) is 3.30. The number of amides is 5. The molecule has 0 unspecified atom stereocenters. The first kappa shape index (κ1) is 47.0. The summed E-state index contributed by atoms with van der Waals surface area (Å²) in [5.41, 5.74) is 0. The Morgan fingerprint density at radius 2 is 1.29 bits per heavy atom. The molecular formula is C41H67N5O9. The summed E-state index contributed by atoms with van der Waals surface area (Å²) in [5, 5.41) is 5.78. The summed E-state index contributed by atoms with van der Waals surface area (Å²) in [7, 11) is 2.94. The molecule has 5 amide bonds. The summed E-state index contributed by atoms with van der Waals surface area (Å²) < 4.78 is 11.8. The predicted molar refractivity (Wildman–Crippen MR) is 208 cm³/mol. The molecule has 2 aliphatic rings. The molecular weight excluding hydrogens is 706 g/mol. The van der Waals surface area contributed by atoms with Crippen molar-refractivity contribution < 1.29 is 43.0 Å². The first-order valence-corrected chi connectivity index (χ1v) is 19.9. The maximum absolute atomic E-state index is 14.2. The van der Waals surface area contributed by atoms with Crippen LogP contribution in [0.15, 0.2) is 0 Å². The van der Waals surface area contributed by atoms with E-state index in [9.17, 15) is 33.6 Å². The monoisotopic (exact) mass is 773 g/mol. The van der Waals surface area contributed by atoms with Gasteiger partial charge in [-0.3, -0.25) is 28.8 Å². The van der Waals surface area contributed by atoms with E-state index in [4.69, 9.17) is 15.9 Å². The lowest BCUT2D eigenvalue weighted by Crippen LogP contribution is -2.59. The summed E-state index contributed by atoms with van der Waals surface area (Å²) in [6.07, 6.45) is 5.08. The Bertz CT molecular complexity index is 1420. The van der Waals surface area contributed by atoms with Crippen LogP contribution in [-0.4, -0.2) is 119 Å². The quantitative estimate of drug-likeness (QED) is 0.203. The second-order valence-electron chi connectivity index (χ2n) is 16.9. The maximum Gasteiger partial charge on any atom is 0.329 e. The second kappa shape index (κ2) is 21.2. The van der Waals surface area contributed by atoms with Gasteiger partial charge in [-0.05, 0) is 61.7 Å². The van der Waals surface area contributed by atoms with Gasteiger partial charge in [0, 0.05) is 33.1 Å². The van der Waals surface area contributed by atoms with E-state index in [1.165, 1.54) is 28.8 Å². The number of unbranched alkanes of at least 4 members (excludes halogenated alkanes) is 1. The molecule has 0 radical (unpaired) electrons. The van der Waals surface area contributed by atoms with E-state index < -0.39 is 108 Å². The van der Waals surface area contributed by atoms with E-state index in [0.29, 0.717) is 32.1 Å². The van der Waals surface area contributed by atoms with Crippen molar-refractivity contribution in [3.05, 3.63) is 0 Å². The zero-order valence-corrected chi connectivity index (χ0v) is 35.2. The summed E-state index contributed by atoms with van der Waals surface area (Å²) in [6.45, 7) is 18.0. The van der Waals surface area contributed by atoms with E-state index in [0.717, 1.165) is 0 Å². The molecule has 7 atom stereocenters. The Morgan fingerprint density at radius 3 is 1.82 bits per heavy atom. The van der Waals surface area contributed by atoms with E-state index in [-0.39, 0.29) is 25.3 Å². The lowest BCUT2D eigenvalue weighted by atomic mass is 9.97. The molecule has 2 aliphatic heterocycles. The standard InChI is InChI=1S/C41H67N5O9/c1-14-15-16-18-28-22-31(47)54-35(27(10)11)40(52)46-20-17-19-30(46)38(50)45(13)33(25(6)7)41(53)55-34(26(8)9)39(51)44(12)32(24(4)5)37(49)43-29(21-23(2)3)36(48)42-28/h1,23-30,32-35H,15-22H2,2-13H3,(H,42,48)(H,43,49)/t28-,29+,30+,32+,33+,34+,35+/m1/s1. The molecule has 0 aromatic rings. The first-order valence-electron chi connectivity index (χ1n) is 19.9. The minimum atomic E-state index is -1.29. The van der Waals surface area contributed by atoms with Crippen molar-refractivity contribution in [3.63, 3.8) is 0 Å². The molecule has 0 aliphatic carbocycles. The van der Waals surface area contributed by atoms with Gasteiger partial charge in [-0.15, -0.1) is 12.3 Å². The largest absolute Gasteiger partial charge is 0.452 e. The maximum atomic E-state index is 14.2. The normalized spacial score (nSPS) is 27.5. The number of carbonyl (C=O) groups is 7. The Balaban J connectivity index is 2.72. The van der Waals surface area contributed by atoms with Crippen LogP contribution in [-0.2, 0) is 43.0 Å². The lowest BCUT2D eigenvalue weighted by molar-refractivity contribution is -0.172. The van der Waals surface area contributed by atoms with Gasteiger partial charge in [-0.25, -0.2) is 4.79 Å². The van der Waals surface area contributed by atoms with Crippen LogP contribution in [0.25, 0.3) is 0 Å². The highest BCUT2D eigenvalue weighted by Crippen LogP contribution is 2.26. The number of rotatable bonds is 9. The van der Waals surface area contributed by atoms with Crippen molar-refractivity contribution in [2.45, 2.75) is 157 Å². The molecule has 2 rings (SSSR count). The number of fused-ring (bicyclic) bond motifs is 1. The van der Waals surface area contributed by atoms with Crippen LogP contribution in [0.3, 0.4) is 0 Å². The summed E-state index contributed by atoms with van der Waals surface area (Å²) in [5.74, 6) is -3.48. The molecule has 0 aromatic heterocycles. The van der Waals surface area contributed by atoms with Gasteiger partial charge in [-0.1, -0.05) is 69.2 Å². The van der Waals surface area contributed by atoms with Crippen LogP contribution in [0.5, 0.6) is 0 Å². The molecule has 14 nitrogen and oxygen atoms in total. The topological polar surface area (TPSA) is 172 Å². The molecule has 0 spiro atoms. The molecule has 2 N–H and O–H groups in total. The van der Waals surface area contributed by atoms with Gasteiger partial charge >= 0.3 is 11.9 Å². The zero-order chi connectivity index (χ0) is 41.9. The van der Waals surface area contributed by atoms with Crippen molar-refractivity contribution in [2.24, 2.45) is 29.6 Å². The van der Waals surface area contributed by atoms with Crippen LogP contribution < -0.4 is 10.6 Å². The number of cyclic esters (lactones) is 2. The Hall–Kier alpha value is -4.15. The van der Waals surface area contributed by atoms with Crippen molar-refractivity contribution in [1.29, 1.82) is 0 Å². The highest BCUT2D eigenvalue weighted by molar-refractivity contribution is 5.95. The summed E-state index contributed by atoms with van der Waals surface area (Å²) >= 11 is 0. The third kappa shape index (κ3) is 12.7. The molecule has 2 fully saturated rings. The third-order valence-electron chi connectivity index (χ3n) is 10.3. The third-order valence-corrected chi connectivity index (χ3v) is 10.3. The molecule has 0 aromatic carbocycles. The molecule has 55 heavy (non-hydrogen) atoms. The van der Waals surface area contributed by atoms with Crippen LogP contribution in [0.1, 0.15) is 114 Å². The number of hydrogen-bond donors (Lipinski definition) is 2. The van der Waals surface area contributed by atoms with E-state index in [2.05, 4.69) is 16.6 Å².